The standard InChI is InChI=1S/C10H11NO5/c12-9(13)6-2-4-7-3-1-5-8(10(7)14)11(15)16/h1,3,5,14H,2,4,6H2,(H,12,13). The highest BCUT2D eigenvalue weighted by Gasteiger charge is 2.15. The van der Waals surface area contributed by atoms with Gasteiger partial charge in [0.25, 0.3) is 0 Å². The fraction of sp³-hybridized carbons (Fsp3) is 0.300. The molecule has 0 saturated heterocycles. The number of aromatic hydroxyl groups is 1. The van der Waals surface area contributed by atoms with E-state index in [1.165, 1.54) is 12.1 Å². The summed E-state index contributed by atoms with van der Waals surface area (Å²) in [5.74, 6) is -1.30. The molecular weight excluding hydrogens is 214 g/mol. The number of carboxylic acids is 1. The van der Waals surface area contributed by atoms with Gasteiger partial charge in [-0.25, -0.2) is 0 Å². The molecule has 1 rings (SSSR count). The van der Waals surface area contributed by atoms with Crippen molar-refractivity contribution in [3.8, 4) is 5.75 Å². The van der Waals surface area contributed by atoms with E-state index in [0.29, 0.717) is 18.4 Å². The van der Waals surface area contributed by atoms with Gasteiger partial charge >= 0.3 is 11.7 Å². The highest BCUT2D eigenvalue weighted by molar-refractivity contribution is 5.66. The van der Waals surface area contributed by atoms with Gasteiger partial charge in [0.05, 0.1) is 4.92 Å². The van der Waals surface area contributed by atoms with E-state index in [1.807, 2.05) is 0 Å². The van der Waals surface area contributed by atoms with Crippen LogP contribution in [0.1, 0.15) is 18.4 Å². The fourth-order valence-electron chi connectivity index (χ4n) is 1.36. The maximum absolute atomic E-state index is 10.5. The van der Waals surface area contributed by atoms with Gasteiger partial charge in [-0.05, 0) is 12.8 Å². The molecule has 0 aliphatic carbocycles. The summed E-state index contributed by atoms with van der Waals surface area (Å²) in [7, 11) is 0. The maximum atomic E-state index is 10.5. The lowest BCUT2D eigenvalue weighted by atomic mass is 10.1. The number of hydrogen-bond donors (Lipinski definition) is 2. The molecule has 0 fully saturated rings. The van der Waals surface area contributed by atoms with Crippen LogP contribution in [0.15, 0.2) is 18.2 Å². The summed E-state index contributed by atoms with van der Waals surface area (Å²) in [4.78, 5) is 20.1. The van der Waals surface area contributed by atoms with Gasteiger partial charge in [0.15, 0.2) is 5.75 Å². The Balaban J connectivity index is 2.77. The third-order valence-electron chi connectivity index (χ3n) is 2.13. The van der Waals surface area contributed by atoms with Crippen molar-refractivity contribution in [2.75, 3.05) is 0 Å². The number of hydrogen-bond acceptors (Lipinski definition) is 4. The zero-order valence-electron chi connectivity index (χ0n) is 8.42. The topological polar surface area (TPSA) is 101 Å². The second-order valence-electron chi connectivity index (χ2n) is 3.29. The van der Waals surface area contributed by atoms with Crippen molar-refractivity contribution in [2.24, 2.45) is 0 Å². The lowest BCUT2D eigenvalue weighted by Crippen LogP contribution is -1.97. The van der Waals surface area contributed by atoms with Gasteiger partial charge in [-0.15, -0.1) is 0 Å². The van der Waals surface area contributed by atoms with Gasteiger partial charge in [-0.3, -0.25) is 14.9 Å². The van der Waals surface area contributed by atoms with E-state index in [1.54, 1.807) is 6.07 Å². The molecule has 2 N–H and O–H groups in total. The normalized spacial score (nSPS) is 10.0. The number of phenols is 1. The van der Waals surface area contributed by atoms with Gasteiger partial charge in [-0.1, -0.05) is 12.1 Å². The van der Waals surface area contributed by atoms with Crippen LogP contribution in [-0.2, 0) is 11.2 Å². The molecule has 0 unspecified atom stereocenters. The Hall–Kier alpha value is -2.11. The van der Waals surface area contributed by atoms with Gasteiger partial charge in [-0.2, -0.15) is 0 Å². The molecular formula is C10H11NO5. The maximum Gasteiger partial charge on any atom is 0.310 e. The summed E-state index contributed by atoms with van der Waals surface area (Å²) in [6.45, 7) is 0. The molecule has 0 aromatic heterocycles. The summed E-state index contributed by atoms with van der Waals surface area (Å²) in [5.41, 5.74) is 0.0447. The first-order valence-corrected chi connectivity index (χ1v) is 4.69. The minimum absolute atomic E-state index is 0.0257. The van der Waals surface area contributed by atoms with Crippen LogP contribution in [0.3, 0.4) is 0 Å². The molecule has 0 aliphatic rings. The number of nitro groups is 1. The first-order valence-electron chi connectivity index (χ1n) is 4.69. The SMILES string of the molecule is O=C(O)CCCc1cccc([N+](=O)[O-])c1O. The Morgan fingerprint density at radius 3 is 2.69 bits per heavy atom. The average Bonchev–Trinajstić information content (AvgIpc) is 2.19. The van der Waals surface area contributed by atoms with Crippen LogP contribution in [0.25, 0.3) is 0 Å². The monoisotopic (exact) mass is 225 g/mol. The van der Waals surface area contributed by atoms with E-state index >= 15 is 0 Å². The molecule has 0 bridgehead atoms. The Morgan fingerprint density at radius 2 is 2.12 bits per heavy atom. The van der Waals surface area contributed by atoms with Crippen molar-refractivity contribution >= 4 is 11.7 Å². The first kappa shape index (κ1) is 12.0. The van der Waals surface area contributed by atoms with Crippen molar-refractivity contribution in [3.63, 3.8) is 0 Å². The first-order chi connectivity index (χ1) is 7.52. The third-order valence-corrected chi connectivity index (χ3v) is 2.13. The van der Waals surface area contributed by atoms with Crippen LogP contribution in [0.5, 0.6) is 5.75 Å². The molecule has 0 amide bonds. The Morgan fingerprint density at radius 1 is 1.44 bits per heavy atom. The molecule has 6 heteroatoms. The van der Waals surface area contributed by atoms with Crippen molar-refractivity contribution in [1.29, 1.82) is 0 Å². The van der Waals surface area contributed by atoms with E-state index in [4.69, 9.17) is 5.11 Å². The molecule has 0 heterocycles. The number of aliphatic carboxylic acids is 1. The number of para-hydroxylation sites is 1. The molecule has 1 aromatic rings. The number of rotatable bonds is 5. The Labute approximate surface area is 91.3 Å². The number of nitrogens with zero attached hydrogens (tertiary/aromatic N) is 1. The number of benzene rings is 1. The second-order valence-corrected chi connectivity index (χ2v) is 3.29. The highest BCUT2D eigenvalue weighted by atomic mass is 16.6. The third kappa shape index (κ3) is 2.94. The highest BCUT2D eigenvalue weighted by Crippen LogP contribution is 2.30. The lowest BCUT2D eigenvalue weighted by molar-refractivity contribution is -0.385. The summed E-state index contributed by atoms with van der Waals surface area (Å²) in [6, 6.07) is 4.22. The Kier molecular flexibility index (Phi) is 3.82. The Bertz CT molecular complexity index is 416. The van der Waals surface area contributed by atoms with Gasteiger partial charge in [0, 0.05) is 18.1 Å². The van der Waals surface area contributed by atoms with E-state index in [-0.39, 0.29) is 17.9 Å². The van der Waals surface area contributed by atoms with Crippen molar-refractivity contribution in [3.05, 3.63) is 33.9 Å². The molecule has 0 saturated carbocycles. The predicted octanol–water partition coefficient (Wildman–Crippen LogP) is 1.71. The zero-order chi connectivity index (χ0) is 12.1. The van der Waals surface area contributed by atoms with E-state index in [2.05, 4.69) is 0 Å². The van der Waals surface area contributed by atoms with Crippen molar-refractivity contribution in [1.82, 2.24) is 0 Å². The summed E-state index contributed by atoms with van der Waals surface area (Å²) in [5, 5.41) is 28.5. The number of nitro benzene ring substituents is 1. The molecule has 86 valence electrons. The smallest absolute Gasteiger partial charge is 0.310 e. The van der Waals surface area contributed by atoms with Crippen LogP contribution in [-0.4, -0.2) is 21.1 Å². The predicted molar refractivity (Wildman–Crippen MR) is 55.3 cm³/mol. The number of phenolic OH excluding ortho intramolecular Hbond substituents is 1. The zero-order valence-corrected chi connectivity index (χ0v) is 8.42. The van der Waals surface area contributed by atoms with Crippen LogP contribution >= 0.6 is 0 Å². The number of carbonyl (C=O) groups is 1. The summed E-state index contributed by atoms with van der Waals surface area (Å²) >= 11 is 0. The van der Waals surface area contributed by atoms with Gasteiger partial charge in [0.2, 0.25) is 0 Å². The van der Waals surface area contributed by atoms with E-state index < -0.39 is 10.9 Å². The summed E-state index contributed by atoms with van der Waals surface area (Å²) in [6.07, 6.45) is 0.617. The number of carboxylic acid groups (broad SMARTS) is 1. The van der Waals surface area contributed by atoms with Crippen molar-refractivity contribution < 1.29 is 19.9 Å². The molecule has 0 atom stereocenters. The molecule has 1 aromatic carbocycles. The van der Waals surface area contributed by atoms with Gasteiger partial charge in [0.1, 0.15) is 0 Å². The van der Waals surface area contributed by atoms with Crippen LogP contribution in [0.2, 0.25) is 0 Å². The molecule has 6 nitrogen and oxygen atoms in total. The summed E-state index contributed by atoms with van der Waals surface area (Å²) < 4.78 is 0. The average molecular weight is 225 g/mol. The fourth-order valence-corrected chi connectivity index (χ4v) is 1.36. The lowest BCUT2D eigenvalue weighted by Gasteiger charge is -2.03. The molecule has 16 heavy (non-hydrogen) atoms. The van der Waals surface area contributed by atoms with Crippen LogP contribution < -0.4 is 0 Å². The minimum Gasteiger partial charge on any atom is -0.502 e. The van der Waals surface area contributed by atoms with E-state index in [0.717, 1.165) is 0 Å². The quantitative estimate of drug-likeness (QED) is 0.586. The molecule has 0 spiro atoms. The largest absolute Gasteiger partial charge is 0.502 e. The van der Waals surface area contributed by atoms with Gasteiger partial charge < -0.3 is 10.2 Å². The second kappa shape index (κ2) is 5.11. The van der Waals surface area contributed by atoms with Crippen LogP contribution in [0, 0.1) is 10.1 Å². The number of aryl methyl sites for hydroxylation is 1. The molecule has 0 aliphatic heterocycles. The minimum atomic E-state index is -0.926. The van der Waals surface area contributed by atoms with E-state index in [9.17, 15) is 20.0 Å². The van der Waals surface area contributed by atoms with Crippen molar-refractivity contribution in [2.45, 2.75) is 19.3 Å². The molecule has 0 radical (unpaired) electrons. The van der Waals surface area contributed by atoms with Crippen LogP contribution in [0.4, 0.5) is 5.69 Å².